The van der Waals surface area contributed by atoms with Gasteiger partial charge in [0.05, 0.1) is 41.7 Å². The molecule has 60 heavy (non-hydrogen) atoms. The number of amides is 4. The number of halogens is 3. The summed E-state index contributed by atoms with van der Waals surface area (Å²) in [5.74, 6) is -6.37. The molecule has 2 aromatic heterocycles. The van der Waals surface area contributed by atoms with Gasteiger partial charge in [-0.05, 0) is 48.9 Å². The Hall–Kier alpha value is -4.90. The molecule has 4 aliphatic rings. The van der Waals surface area contributed by atoms with Gasteiger partial charge in [0.2, 0.25) is 27.7 Å². The Morgan fingerprint density at radius 3 is 2.40 bits per heavy atom. The van der Waals surface area contributed by atoms with Gasteiger partial charge in [-0.15, -0.1) is 6.58 Å². The highest BCUT2D eigenvalue weighted by atomic mass is 35.5. The Balaban J connectivity index is 1.22. The Kier molecular flexibility index (Phi) is 11.6. The minimum Gasteiger partial charge on any atom is -0.495 e. The highest BCUT2D eigenvalue weighted by Crippen LogP contribution is 2.46. The van der Waals surface area contributed by atoms with Gasteiger partial charge in [0.15, 0.2) is 0 Å². The number of aromatic nitrogens is 2. The van der Waals surface area contributed by atoms with Gasteiger partial charge >= 0.3 is 0 Å². The van der Waals surface area contributed by atoms with E-state index in [0.717, 1.165) is 0 Å². The predicted octanol–water partition coefficient (Wildman–Crippen LogP) is 5.29. The topological polar surface area (TPSA) is 177 Å². The van der Waals surface area contributed by atoms with Crippen molar-refractivity contribution >= 4 is 56.2 Å². The maximum Gasteiger partial charge on any atom is 0.259 e. The van der Waals surface area contributed by atoms with Gasteiger partial charge in [-0.2, -0.15) is 0 Å². The number of benzene rings is 1. The van der Waals surface area contributed by atoms with Crippen molar-refractivity contribution in [3.63, 3.8) is 0 Å². The molecule has 7 rings (SSSR count). The lowest BCUT2D eigenvalue weighted by Crippen LogP contribution is -2.57. The van der Waals surface area contributed by atoms with E-state index in [2.05, 4.69) is 21.6 Å². The molecule has 0 spiro atoms. The van der Waals surface area contributed by atoms with Crippen molar-refractivity contribution in [2.24, 2.45) is 17.3 Å². The zero-order valence-corrected chi connectivity index (χ0v) is 35.5. The van der Waals surface area contributed by atoms with Crippen LogP contribution >= 0.6 is 11.6 Å². The van der Waals surface area contributed by atoms with Gasteiger partial charge in [0.25, 0.3) is 11.8 Å². The van der Waals surface area contributed by atoms with Crippen molar-refractivity contribution in [1.82, 2.24) is 29.8 Å². The number of piperidine rings is 1. The molecule has 2 aliphatic heterocycles. The van der Waals surface area contributed by atoms with Gasteiger partial charge < -0.3 is 24.6 Å². The minimum atomic E-state index is -3.96. The molecule has 3 aromatic rings. The van der Waals surface area contributed by atoms with Crippen molar-refractivity contribution in [2.75, 3.05) is 26.7 Å². The standard InChI is InChI=1S/C42H49ClF2N6O8S/c1-6-24-22-42(24,39(55)49-60(56,57)26-10-11-26)48-37(53)31-19-25(23-51(31)38(54)28(40(2,3)4)20-34(52)50-17-14-41(44,45)15-18-50)59-33-21-30(29-9-7-8-16-46-29)47-36-27(33)12-13-32(58-5)35(36)43/h6-9,12-13,16,21,24-26,28,31H,1,10-11,14-15,17-20,22-23H2,2-5H3,(H,48,53)(H,49,55)/t24-,25-,28-,31+,42-/m1/s1. The molecule has 2 saturated carbocycles. The number of likely N-dealkylation sites (tertiary alicyclic amines) is 2. The SMILES string of the molecule is C=C[C@@H]1C[C@]1(NC(=O)[C@@H]1C[C@@H](Oc2cc(-c3ccccn3)nc3c(Cl)c(OC)ccc23)CN1C(=O)[C@@H](CC(=O)N1CCC(F)(F)CC1)C(C)(C)C)C(=O)NS(=O)(=O)C1CC1. The highest BCUT2D eigenvalue weighted by Gasteiger charge is 2.62. The summed E-state index contributed by atoms with van der Waals surface area (Å²) in [5.41, 5.74) is -1.15. The van der Waals surface area contributed by atoms with Crippen LogP contribution in [-0.2, 0) is 29.2 Å². The maximum atomic E-state index is 14.9. The van der Waals surface area contributed by atoms with Gasteiger partial charge in [-0.25, -0.2) is 22.2 Å². The number of ether oxygens (including phenoxy) is 2. The van der Waals surface area contributed by atoms with E-state index in [-0.39, 0.29) is 43.9 Å². The molecule has 0 radical (unpaired) electrons. The van der Waals surface area contributed by atoms with Crippen molar-refractivity contribution in [3.8, 4) is 22.9 Å². The molecule has 2 saturated heterocycles. The molecule has 4 amide bonds. The summed E-state index contributed by atoms with van der Waals surface area (Å²) in [6.45, 7) is 8.70. The normalized spacial score (nSPS) is 24.4. The first-order valence-corrected chi connectivity index (χ1v) is 21.9. The van der Waals surface area contributed by atoms with Crippen LogP contribution in [0.15, 0.2) is 55.3 Å². The molecule has 2 aliphatic carbocycles. The van der Waals surface area contributed by atoms with E-state index < -0.39 is 92.6 Å². The number of alkyl halides is 2. The quantitative estimate of drug-likeness (QED) is 0.215. The van der Waals surface area contributed by atoms with E-state index in [9.17, 15) is 36.4 Å². The number of methoxy groups -OCH3 is 1. The van der Waals surface area contributed by atoms with Crippen molar-refractivity contribution in [3.05, 3.63) is 60.3 Å². The summed E-state index contributed by atoms with van der Waals surface area (Å²) in [4.78, 5) is 68.6. The predicted molar refractivity (Wildman–Crippen MR) is 219 cm³/mol. The fourth-order valence-corrected chi connectivity index (χ4v) is 9.68. The molecular formula is C42H49ClF2N6O8S. The summed E-state index contributed by atoms with van der Waals surface area (Å²) in [7, 11) is -2.49. The molecular weight excluding hydrogens is 822 g/mol. The number of sulfonamides is 1. The van der Waals surface area contributed by atoms with Crippen LogP contribution in [0, 0.1) is 17.3 Å². The molecule has 18 heteroatoms. The number of nitrogens with one attached hydrogen (secondary N) is 2. The van der Waals surface area contributed by atoms with Gasteiger partial charge in [0, 0.05) is 62.3 Å². The van der Waals surface area contributed by atoms with E-state index in [1.165, 1.54) is 23.0 Å². The number of hydrogen-bond donors (Lipinski definition) is 2. The third kappa shape index (κ3) is 8.78. The van der Waals surface area contributed by atoms with E-state index in [1.807, 2.05) is 0 Å². The number of carbonyl (C=O) groups is 4. The second-order valence-corrected chi connectivity index (χ2v) is 19.6. The number of rotatable bonds is 13. The summed E-state index contributed by atoms with van der Waals surface area (Å²) in [5, 5.41) is 2.83. The number of fused-ring (bicyclic) bond motifs is 1. The van der Waals surface area contributed by atoms with E-state index in [1.54, 1.807) is 63.4 Å². The lowest BCUT2D eigenvalue weighted by Gasteiger charge is -2.37. The summed E-state index contributed by atoms with van der Waals surface area (Å²) in [6, 6.07) is 9.16. The fourth-order valence-electron chi connectivity index (χ4n) is 8.03. The zero-order chi connectivity index (χ0) is 43.4. The smallest absolute Gasteiger partial charge is 0.259 e. The third-order valence-corrected chi connectivity index (χ3v) is 14.1. The summed E-state index contributed by atoms with van der Waals surface area (Å²) >= 11 is 6.77. The molecule has 2 N–H and O–H groups in total. The summed E-state index contributed by atoms with van der Waals surface area (Å²) < 4.78 is 67.9. The second kappa shape index (κ2) is 16.2. The second-order valence-electron chi connectivity index (χ2n) is 17.2. The minimum absolute atomic E-state index is 0.0625. The fraction of sp³-hybridized carbons (Fsp3) is 0.524. The Bertz CT molecular complexity index is 2320. The lowest BCUT2D eigenvalue weighted by molar-refractivity contribution is -0.150. The molecule has 1 aromatic carbocycles. The third-order valence-electron chi connectivity index (χ3n) is 12.0. The van der Waals surface area contributed by atoms with E-state index in [0.29, 0.717) is 46.6 Å². The average Bonchev–Trinajstić information content (AvgIpc) is 4.13. The van der Waals surface area contributed by atoms with E-state index >= 15 is 0 Å². The van der Waals surface area contributed by atoms with Gasteiger partial charge in [0.1, 0.15) is 34.2 Å². The molecule has 4 heterocycles. The molecule has 14 nitrogen and oxygen atoms in total. The number of carbonyl (C=O) groups excluding carboxylic acids is 4. The maximum absolute atomic E-state index is 14.9. The van der Waals surface area contributed by atoms with Crippen LogP contribution in [-0.4, -0.2) is 107 Å². The molecule has 4 fully saturated rings. The monoisotopic (exact) mass is 870 g/mol. The first-order valence-electron chi connectivity index (χ1n) is 20.0. The van der Waals surface area contributed by atoms with E-state index in [4.69, 9.17) is 26.1 Å². The molecule has 0 unspecified atom stereocenters. The highest BCUT2D eigenvalue weighted by molar-refractivity contribution is 7.91. The van der Waals surface area contributed by atoms with Crippen LogP contribution in [0.5, 0.6) is 11.5 Å². The molecule has 5 atom stereocenters. The van der Waals surface area contributed by atoms with Crippen LogP contribution in [0.25, 0.3) is 22.3 Å². The molecule has 0 bridgehead atoms. The Labute approximate surface area is 352 Å². The Morgan fingerprint density at radius 2 is 1.80 bits per heavy atom. The lowest BCUT2D eigenvalue weighted by atomic mass is 9.77. The first-order chi connectivity index (χ1) is 28.3. The first kappa shape index (κ1) is 43.2. The Morgan fingerprint density at radius 1 is 1.08 bits per heavy atom. The van der Waals surface area contributed by atoms with Crippen molar-refractivity contribution < 1.29 is 45.9 Å². The van der Waals surface area contributed by atoms with Crippen LogP contribution in [0.4, 0.5) is 8.78 Å². The van der Waals surface area contributed by atoms with Crippen LogP contribution < -0.4 is 19.5 Å². The van der Waals surface area contributed by atoms with Gasteiger partial charge in [-0.1, -0.05) is 44.5 Å². The summed E-state index contributed by atoms with van der Waals surface area (Å²) in [6.07, 6.45) is 1.87. The van der Waals surface area contributed by atoms with Crippen molar-refractivity contribution in [2.45, 2.75) is 94.6 Å². The number of pyridine rings is 2. The molecule has 322 valence electrons. The van der Waals surface area contributed by atoms with Crippen molar-refractivity contribution in [1.29, 1.82) is 0 Å². The van der Waals surface area contributed by atoms with Crippen LogP contribution in [0.1, 0.15) is 65.7 Å². The average molecular weight is 871 g/mol. The number of nitrogens with zero attached hydrogens (tertiary/aromatic N) is 4. The zero-order valence-electron chi connectivity index (χ0n) is 33.9. The van der Waals surface area contributed by atoms with Crippen LogP contribution in [0.3, 0.4) is 0 Å². The number of hydrogen-bond acceptors (Lipinski definition) is 10. The largest absolute Gasteiger partial charge is 0.495 e. The van der Waals surface area contributed by atoms with Gasteiger partial charge in [-0.3, -0.25) is 28.9 Å². The van der Waals surface area contributed by atoms with Crippen LogP contribution in [0.2, 0.25) is 5.02 Å².